The summed E-state index contributed by atoms with van der Waals surface area (Å²) in [7, 11) is 0. The Morgan fingerprint density at radius 3 is 2.62 bits per heavy atom. The van der Waals surface area contributed by atoms with E-state index in [1.54, 1.807) is 6.07 Å². The summed E-state index contributed by atoms with van der Waals surface area (Å²) in [6, 6.07) is 14.4. The lowest BCUT2D eigenvalue weighted by molar-refractivity contribution is 0.514. The minimum Gasteiger partial charge on any atom is -0.419 e. The van der Waals surface area contributed by atoms with Crippen LogP contribution in [0.3, 0.4) is 0 Å². The highest BCUT2D eigenvalue weighted by molar-refractivity contribution is 5.53. The number of nitrogens with zero attached hydrogens (tertiary/aromatic N) is 2. The Morgan fingerprint density at radius 1 is 1.05 bits per heavy atom. The fraction of sp³-hybridized carbons (Fsp3) is 0.125. The van der Waals surface area contributed by atoms with Crippen LogP contribution in [0.1, 0.15) is 11.5 Å². The third-order valence-corrected chi connectivity index (χ3v) is 3.13. The van der Waals surface area contributed by atoms with Crippen LogP contribution in [0.5, 0.6) is 0 Å². The number of anilines is 1. The number of hydrogen-bond donors (Lipinski definition) is 1. The highest BCUT2D eigenvalue weighted by Gasteiger charge is 2.10. The topological polar surface area (TPSA) is 51.0 Å². The molecular formula is C16H14FN3O. The molecule has 106 valence electrons. The van der Waals surface area contributed by atoms with E-state index in [2.05, 4.69) is 15.5 Å². The van der Waals surface area contributed by atoms with Crippen molar-refractivity contribution in [2.75, 3.05) is 5.32 Å². The van der Waals surface area contributed by atoms with Crippen molar-refractivity contribution in [3.8, 4) is 11.5 Å². The van der Waals surface area contributed by atoms with Crippen molar-refractivity contribution in [2.24, 2.45) is 0 Å². The highest BCUT2D eigenvalue weighted by Crippen LogP contribution is 2.21. The molecule has 2 aromatic carbocycles. The zero-order chi connectivity index (χ0) is 14.7. The summed E-state index contributed by atoms with van der Waals surface area (Å²) in [6.45, 7) is 2.12. The van der Waals surface area contributed by atoms with Crippen LogP contribution >= 0.6 is 0 Å². The monoisotopic (exact) mass is 283 g/mol. The van der Waals surface area contributed by atoms with Crippen LogP contribution in [0.25, 0.3) is 11.5 Å². The fourth-order valence-corrected chi connectivity index (χ4v) is 2.04. The maximum Gasteiger partial charge on any atom is 0.247 e. The minimum absolute atomic E-state index is 0.279. The first-order valence-corrected chi connectivity index (χ1v) is 6.61. The first-order valence-electron chi connectivity index (χ1n) is 6.61. The second kappa shape index (κ2) is 5.75. The molecule has 0 aliphatic heterocycles. The van der Waals surface area contributed by atoms with Gasteiger partial charge in [-0.2, -0.15) is 0 Å². The van der Waals surface area contributed by atoms with Crippen LogP contribution in [0.15, 0.2) is 52.9 Å². The van der Waals surface area contributed by atoms with Gasteiger partial charge in [0.2, 0.25) is 11.8 Å². The first-order chi connectivity index (χ1) is 10.2. The van der Waals surface area contributed by atoms with E-state index >= 15 is 0 Å². The molecule has 4 nitrogen and oxygen atoms in total. The second-order valence-electron chi connectivity index (χ2n) is 4.65. The maximum atomic E-state index is 13.7. The molecule has 0 atom stereocenters. The molecule has 1 aromatic heterocycles. The summed E-state index contributed by atoms with van der Waals surface area (Å²) in [5.41, 5.74) is 2.15. The standard InChI is InChI=1S/C16H14FN3O/c1-11-6-5-9-13(17)15(11)18-10-14-19-20-16(21-14)12-7-3-2-4-8-12/h2-9,18H,10H2,1H3. The summed E-state index contributed by atoms with van der Waals surface area (Å²) in [4.78, 5) is 0. The number of nitrogens with one attached hydrogen (secondary N) is 1. The molecule has 3 aromatic rings. The predicted molar refractivity (Wildman–Crippen MR) is 78.2 cm³/mol. The van der Waals surface area contributed by atoms with Crippen LogP contribution in [-0.2, 0) is 6.54 Å². The van der Waals surface area contributed by atoms with Crippen molar-refractivity contribution >= 4 is 5.69 Å². The van der Waals surface area contributed by atoms with E-state index in [1.807, 2.05) is 43.3 Å². The van der Waals surface area contributed by atoms with Crippen LogP contribution in [0, 0.1) is 12.7 Å². The summed E-state index contributed by atoms with van der Waals surface area (Å²) >= 11 is 0. The molecule has 0 fully saturated rings. The van der Waals surface area contributed by atoms with Crippen molar-refractivity contribution in [1.82, 2.24) is 10.2 Å². The van der Waals surface area contributed by atoms with E-state index in [4.69, 9.17) is 4.42 Å². The fourth-order valence-electron chi connectivity index (χ4n) is 2.04. The molecule has 0 radical (unpaired) electrons. The van der Waals surface area contributed by atoms with E-state index in [1.165, 1.54) is 6.07 Å². The molecule has 0 amide bonds. The van der Waals surface area contributed by atoms with Crippen LogP contribution in [-0.4, -0.2) is 10.2 Å². The van der Waals surface area contributed by atoms with Crippen molar-refractivity contribution in [3.63, 3.8) is 0 Å². The summed E-state index contributed by atoms with van der Waals surface area (Å²) in [5.74, 6) is 0.576. The van der Waals surface area contributed by atoms with Gasteiger partial charge in [0, 0.05) is 5.56 Å². The number of benzene rings is 2. The van der Waals surface area contributed by atoms with Crippen LogP contribution < -0.4 is 5.32 Å². The first kappa shape index (κ1) is 13.3. The average Bonchev–Trinajstić information content (AvgIpc) is 2.97. The van der Waals surface area contributed by atoms with Gasteiger partial charge in [0.1, 0.15) is 5.82 Å². The van der Waals surface area contributed by atoms with Gasteiger partial charge in [0.05, 0.1) is 12.2 Å². The molecule has 0 saturated carbocycles. The highest BCUT2D eigenvalue weighted by atomic mass is 19.1. The minimum atomic E-state index is -0.294. The second-order valence-corrected chi connectivity index (χ2v) is 4.65. The Bertz CT molecular complexity index is 720. The van der Waals surface area contributed by atoms with Gasteiger partial charge in [-0.1, -0.05) is 30.3 Å². The summed E-state index contributed by atoms with van der Waals surface area (Å²) < 4.78 is 19.3. The Labute approximate surface area is 121 Å². The van der Waals surface area contributed by atoms with Crippen molar-refractivity contribution in [2.45, 2.75) is 13.5 Å². The van der Waals surface area contributed by atoms with Crippen LogP contribution in [0.4, 0.5) is 10.1 Å². The Balaban J connectivity index is 1.74. The summed E-state index contributed by atoms with van der Waals surface area (Å²) in [5, 5.41) is 10.9. The van der Waals surface area contributed by atoms with Gasteiger partial charge in [-0.15, -0.1) is 10.2 Å². The zero-order valence-corrected chi connectivity index (χ0v) is 11.5. The average molecular weight is 283 g/mol. The lowest BCUT2D eigenvalue weighted by Gasteiger charge is -2.08. The smallest absolute Gasteiger partial charge is 0.247 e. The van der Waals surface area contributed by atoms with E-state index in [9.17, 15) is 4.39 Å². The van der Waals surface area contributed by atoms with Gasteiger partial charge < -0.3 is 9.73 Å². The largest absolute Gasteiger partial charge is 0.419 e. The molecule has 21 heavy (non-hydrogen) atoms. The molecule has 0 aliphatic carbocycles. The van der Waals surface area contributed by atoms with Crippen LogP contribution in [0.2, 0.25) is 0 Å². The van der Waals surface area contributed by atoms with E-state index < -0.39 is 0 Å². The molecule has 0 aliphatic rings. The SMILES string of the molecule is Cc1cccc(F)c1NCc1nnc(-c2ccccc2)o1. The van der Waals surface area contributed by atoms with Crippen molar-refractivity contribution in [1.29, 1.82) is 0 Å². The predicted octanol–water partition coefficient (Wildman–Crippen LogP) is 3.80. The van der Waals surface area contributed by atoms with Crippen molar-refractivity contribution in [3.05, 3.63) is 65.8 Å². The van der Waals surface area contributed by atoms with E-state index in [-0.39, 0.29) is 12.4 Å². The number of aryl methyl sites for hydroxylation is 1. The third kappa shape index (κ3) is 2.91. The van der Waals surface area contributed by atoms with Gasteiger partial charge in [-0.05, 0) is 30.7 Å². The molecule has 0 spiro atoms. The molecule has 5 heteroatoms. The molecule has 1 heterocycles. The lowest BCUT2D eigenvalue weighted by atomic mass is 10.2. The molecule has 3 rings (SSSR count). The third-order valence-electron chi connectivity index (χ3n) is 3.13. The zero-order valence-electron chi connectivity index (χ0n) is 11.5. The molecule has 0 saturated heterocycles. The van der Waals surface area contributed by atoms with Gasteiger partial charge in [0.25, 0.3) is 0 Å². The van der Waals surface area contributed by atoms with Gasteiger partial charge in [-0.25, -0.2) is 4.39 Å². The van der Waals surface area contributed by atoms with E-state index in [0.717, 1.165) is 11.1 Å². The Morgan fingerprint density at radius 2 is 1.86 bits per heavy atom. The quantitative estimate of drug-likeness (QED) is 0.791. The lowest BCUT2D eigenvalue weighted by Crippen LogP contribution is -2.03. The number of hydrogen-bond acceptors (Lipinski definition) is 4. The van der Waals surface area contributed by atoms with Crippen molar-refractivity contribution < 1.29 is 8.81 Å². The molecule has 0 unspecified atom stereocenters. The molecule has 1 N–H and O–H groups in total. The van der Waals surface area contributed by atoms with Gasteiger partial charge in [0.15, 0.2) is 0 Å². The number of para-hydroxylation sites is 1. The maximum absolute atomic E-state index is 13.7. The number of aromatic nitrogens is 2. The normalized spacial score (nSPS) is 10.6. The number of rotatable bonds is 4. The number of halogens is 1. The van der Waals surface area contributed by atoms with E-state index in [0.29, 0.717) is 17.5 Å². The molecule has 0 bridgehead atoms. The van der Waals surface area contributed by atoms with Gasteiger partial charge in [-0.3, -0.25) is 0 Å². The Kier molecular flexibility index (Phi) is 3.64. The Hall–Kier alpha value is -2.69. The molecular weight excluding hydrogens is 269 g/mol. The summed E-state index contributed by atoms with van der Waals surface area (Å²) in [6.07, 6.45) is 0. The van der Waals surface area contributed by atoms with Gasteiger partial charge >= 0.3 is 0 Å².